The van der Waals surface area contributed by atoms with Gasteiger partial charge < -0.3 is 15.5 Å². The number of hydrogen-bond acceptors (Lipinski definition) is 8. The summed E-state index contributed by atoms with van der Waals surface area (Å²) in [5, 5.41) is 18.4. The summed E-state index contributed by atoms with van der Waals surface area (Å²) in [6.07, 6.45) is 9.37. The van der Waals surface area contributed by atoms with Crippen LogP contribution in [0.3, 0.4) is 0 Å². The highest BCUT2D eigenvalue weighted by molar-refractivity contribution is 6.24. The SMILES string of the molecule is ClOCl.Cn1cc(-c2cc(-c3ccc(N4CCN(C(=O)C[C@H](N)c5ccccc5)CC4)nc3)c3c(C#N)cnn3c2)cn1. The molecule has 0 aliphatic carbocycles. The number of piperazine rings is 1. The largest absolute Gasteiger partial charge is 0.353 e. The van der Waals surface area contributed by atoms with Gasteiger partial charge in [-0.2, -0.15) is 19.3 Å². The number of carbonyl (C=O) groups is 1. The first-order valence-corrected chi connectivity index (χ1v) is 14.1. The van der Waals surface area contributed by atoms with Crippen molar-refractivity contribution in [2.75, 3.05) is 31.1 Å². The molecule has 1 aromatic carbocycles. The molecule has 5 heterocycles. The number of carbonyl (C=O) groups excluding carboxylic acids is 1. The van der Waals surface area contributed by atoms with Crippen LogP contribution >= 0.6 is 23.7 Å². The molecule has 0 unspecified atom stereocenters. The molecule has 13 heteroatoms. The second-order valence-electron chi connectivity index (χ2n) is 10.1. The topological polar surface area (TPSA) is 131 Å². The van der Waals surface area contributed by atoms with Gasteiger partial charge in [0.25, 0.3) is 0 Å². The van der Waals surface area contributed by atoms with E-state index in [9.17, 15) is 10.1 Å². The maximum absolute atomic E-state index is 12.9. The first-order chi connectivity index (χ1) is 20.9. The third kappa shape index (κ3) is 6.79. The highest BCUT2D eigenvalue weighted by atomic mass is 35.6. The predicted molar refractivity (Wildman–Crippen MR) is 165 cm³/mol. The number of pyridine rings is 2. The van der Waals surface area contributed by atoms with Crippen molar-refractivity contribution >= 4 is 41.0 Å². The van der Waals surface area contributed by atoms with Gasteiger partial charge in [0.15, 0.2) is 0 Å². The van der Waals surface area contributed by atoms with E-state index in [1.165, 1.54) is 0 Å². The number of nitrogens with two attached hydrogens (primary N) is 1. The Morgan fingerprint density at radius 2 is 1.74 bits per heavy atom. The first-order valence-electron chi connectivity index (χ1n) is 13.5. The van der Waals surface area contributed by atoms with E-state index in [1.807, 2.05) is 73.0 Å². The number of benzene rings is 1. The van der Waals surface area contributed by atoms with Crippen LogP contribution in [0.15, 0.2) is 79.5 Å². The maximum Gasteiger partial charge on any atom is 0.224 e. The number of aromatic nitrogens is 5. The monoisotopic (exact) mass is 617 g/mol. The number of hydrogen-bond donors (Lipinski definition) is 1. The molecule has 1 atom stereocenters. The summed E-state index contributed by atoms with van der Waals surface area (Å²) in [7, 11) is 1.88. The molecule has 5 aromatic rings. The van der Waals surface area contributed by atoms with Gasteiger partial charge in [-0.1, -0.05) is 30.3 Å². The Labute approximate surface area is 258 Å². The molecule has 0 radical (unpaired) electrons. The number of fused-ring (bicyclic) bond motifs is 1. The lowest BCUT2D eigenvalue weighted by Gasteiger charge is -2.36. The van der Waals surface area contributed by atoms with E-state index in [0.717, 1.165) is 39.2 Å². The van der Waals surface area contributed by atoms with E-state index < -0.39 is 0 Å². The fraction of sp³-hybridized carbons (Fsp3) is 0.233. The van der Waals surface area contributed by atoms with Crippen LogP contribution < -0.4 is 10.6 Å². The molecule has 0 bridgehead atoms. The fourth-order valence-electron chi connectivity index (χ4n) is 5.20. The molecule has 220 valence electrons. The summed E-state index contributed by atoms with van der Waals surface area (Å²) < 4.78 is 6.69. The smallest absolute Gasteiger partial charge is 0.224 e. The molecule has 11 nitrogen and oxygen atoms in total. The van der Waals surface area contributed by atoms with Crippen LogP contribution in [0.4, 0.5) is 5.82 Å². The van der Waals surface area contributed by atoms with Crippen LogP contribution in [0, 0.1) is 11.3 Å². The molecule has 1 aliphatic heterocycles. The van der Waals surface area contributed by atoms with Crippen molar-refractivity contribution in [1.29, 1.82) is 5.26 Å². The van der Waals surface area contributed by atoms with Crippen LogP contribution in [0.1, 0.15) is 23.6 Å². The number of amides is 1. The average Bonchev–Trinajstić information content (AvgIpc) is 3.67. The normalized spacial score (nSPS) is 13.7. The minimum absolute atomic E-state index is 0.0749. The van der Waals surface area contributed by atoms with Crippen molar-refractivity contribution in [3.63, 3.8) is 0 Å². The lowest BCUT2D eigenvalue weighted by molar-refractivity contribution is -0.131. The summed E-state index contributed by atoms with van der Waals surface area (Å²) in [5.74, 6) is 0.927. The van der Waals surface area contributed by atoms with Crippen molar-refractivity contribution in [2.24, 2.45) is 12.8 Å². The molecule has 4 aromatic heterocycles. The molecule has 1 amide bonds. The van der Waals surface area contributed by atoms with Gasteiger partial charge >= 0.3 is 0 Å². The Balaban J connectivity index is 0.00000118. The second kappa shape index (κ2) is 13.7. The van der Waals surface area contributed by atoms with E-state index in [4.69, 9.17) is 10.7 Å². The Kier molecular flexibility index (Phi) is 9.54. The zero-order valence-corrected chi connectivity index (χ0v) is 24.9. The van der Waals surface area contributed by atoms with Crippen molar-refractivity contribution in [3.8, 4) is 28.3 Å². The van der Waals surface area contributed by atoms with Gasteiger partial charge in [-0.15, -0.1) is 0 Å². The van der Waals surface area contributed by atoms with E-state index >= 15 is 0 Å². The van der Waals surface area contributed by atoms with Gasteiger partial charge in [-0.25, -0.2) is 9.50 Å². The molecular formula is C30H29Cl2N9O2. The molecule has 1 fully saturated rings. The first kappa shape index (κ1) is 30.0. The van der Waals surface area contributed by atoms with Crippen molar-refractivity contribution in [2.45, 2.75) is 12.5 Å². The summed E-state index contributed by atoms with van der Waals surface area (Å²) in [6, 6.07) is 17.8. The van der Waals surface area contributed by atoms with Crippen LogP contribution in [0.5, 0.6) is 0 Å². The zero-order chi connectivity index (χ0) is 30.3. The molecule has 1 saturated heterocycles. The Morgan fingerprint density at radius 3 is 2.37 bits per heavy atom. The number of anilines is 1. The highest BCUT2D eigenvalue weighted by Gasteiger charge is 2.24. The van der Waals surface area contributed by atoms with Crippen molar-refractivity contribution in [1.82, 2.24) is 29.3 Å². The van der Waals surface area contributed by atoms with Gasteiger partial charge in [-0.3, -0.25) is 9.48 Å². The fourth-order valence-corrected chi connectivity index (χ4v) is 5.20. The second-order valence-corrected chi connectivity index (χ2v) is 10.5. The standard InChI is InChI=1S/C30H29N9O.Cl2O/c1-36-19-25(18-34-36)23-13-26(30-24(15-31)17-35-39(30)20-23)22-7-8-28(33-16-22)37-9-11-38(12-10-37)29(40)14-27(32)21-5-3-2-4-6-21;1-3-2/h2-8,13,16-20,27H,9-12,14,32H2,1H3;/t27-;/m0./s1. The van der Waals surface area contributed by atoms with Gasteiger partial charge in [0.05, 0.1) is 47.2 Å². The number of halogens is 2. The van der Waals surface area contributed by atoms with E-state index in [2.05, 4.69) is 54.8 Å². The molecule has 2 N–H and O–H groups in total. The minimum Gasteiger partial charge on any atom is -0.353 e. The highest BCUT2D eigenvalue weighted by Crippen LogP contribution is 2.32. The van der Waals surface area contributed by atoms with E-state index in [0.29, 0.717) is 38.2 Å². The average molecular weight is 619 g/mol. The maximum atomic E-state index is 12.9. The Bertz CT molecular complexity index is 1720. The van der Waals surface area contributed by atoms with Crippen LogP contribution in [0.25, 0.3) is 27.8 Å². The van der Waals surface area contributed by atoms with Gasteiger partial charge in [0, 0.05) is 86.5 Å². The third-order valence-electron chi connectivity index (χ3n) is 7.41. The molecule has 6 rings (SSSR count). The third-order valence-corrected chi connectivity index (χ3v) is 7.41. The van der Waals surface area contributed by atoms with Crippen molar-refractivity contribution < 1.29 is 8.64 Å². The van der Waals surface area contributed by atoms with Crippen LogP contribution in [0.2, 0.25) is 0 Å². The lowest BCUT2D eigenvalue weighted by Crippen LogP contribution is -2.49. The van der Waals surface area contributed by atoms with E-state index in [-0.39, 0.29) is 11.9 Å². The van der Waals surface area contributed by atoms with Gasteiger partial charge in [0.1, 0.15) is 11.9 Å². The van der Waals surface area contributed by atoms with Gasteiger partial charge in [0.2, 0.25) is 5.91 Å². The van der Waals surface area contributed by atoms with Crippen molar-refractivity contribution in [3.05, 3.63) is 90.6 Å². The van der Waals surface area contributed by atoms with Crippen LogP contribution in [-0.4, -0.2) is 61.4 Å². The van der Waals surface area contributed by atoms with Gasteiger partial charge in [-0.05, 0) is 23.8 Å². The zero-order valence-electron chi connectivity index (χ0n) is 23.3. The Hall–Kier alpha value is -4.47. The minimum atomic E-state index is -0.304. The van der Waals surface area contributed by atoms with E-state index in [1.54, 1.807) is 21.6 Å². The lowest BCUT2D eigenvalue weighted by atomic mass is 10.0. The molecular weight excluding hydrogens is 589 g/mol. The summed E-state index contributed by atoms with van der Waals surface area (Å²) in [4.78, 5) is 21.7. The Morgan fingerprint density at radius 1 is 1.00 bits per heavy atom. The predicted octanol–water partition coefficient (Wildman–Crippen LogP) is 4.72. The molecule has 43 heavy (non-hydrogen) atoms. The summed E-state index contributed by atoms with van der Waals surface area (Å²) >= 11 is 8.53. The molecule has 1 aliphatic rings. The molecule has 0 spiro atoms. The van der Waals surface area contributed by atoms with Crippen LogP contribution in [-0.2, 0) is 15.7 Å². The number of aryl methyl sites for hydroxylation is 1. The quantitative estimate of drug-likeness (QED) is 0.290. The number of nitrogens with zero attached hydrogens (tertiary/aromatic N) is 8. The summed E-state index contributed by atoms with van der Waals surface area (Å²) in [6.45, 7) is 2.64. The summed E-state index contributed by atoms with van der Waals surface area (Å²) in [5.41, 5.74) is 12.2. The number of nitriles is 1. The molecule has 0 saturated carbocycles. The number of rotatable bonds is 6.